The van der Waals surface area contributed by atoms with Crippen LogP contribution in [0.25, 0.3) is 0 Å². The van der Waals surface area contributed by atoms with Gasteiger partial charge in [0, 0.05) is 12.2 Å². The van der Waals surface area contributed by atoms with E-state index in [-0.39, 0.29) is 0 Å². The van der Waals surface area contributed by atoms with Crippen LogP contribution < -0.4 is 4.74 Å². The van der Waals surface area contributed by atoms with Crippen LogP contribution in [0, 0.1) is 11.3 Å². The van der Waals surface area contributed by atoms with Crippen molar-refractivity contribution >= 4 is 23.3 Å². The van der Waals surface area contributed by atoms with Gasteiger partial charge in [-0.1, -0.05) is 24.8 Å². The molecule has 1 heterocycles. The Hall–Kier alpha value is -1.58. The summed E-state index contributed by atoms with van der Waals surface area (Å²) in [4.78, 5) is 4.40. The Morgan fingerprint density at radius 3 is 3.10 bits per heavy atom. The molecule has 0 atom stereocenters. The molecule has 2 rings (SSSR count). The van der Waals surface area contributed by atoms with Gasteiger partial charge in [0.15, 0.2) is 4.34 Å². The van der Waals surface area contributed by atoms with E-state index in [1.165, 1.54) is 11.5 Å². The summed E-state index contributed by atoms with van der Waals surface area (Å²) < 4.78 is 10.9. The summed E-state index contributed by atoms with van der Waals surface area (Å²) in [6.45, 7) is 2.70. The zero-order valence-corrected chi connectivity index (χ0v) is 12.8. The molecule has 0 spiro atoms. The number of hydrogen-bond donors (Lipinski definition) is 0. The maximum atomic E-state index is 8.80. The molecule has 0 radical (unpaired) electrons. The van der Waals surface area contributed by atoms with Gasteiger partial charge < -0.3 is 4.74 Å². The van der Waals surface area contributed by atoms with E-state index < -0.39 is 0 Å². The summed E-state index contributed by atoms with van der Waals surface area (Å²) in [5.41, 5.74) is 0.623. The Kier molecular flexibility index (Phi) is 5.84. The van der Waals surface area contributed by atoms with Crippen LogP contribution in [-0.4, -0.2) is 21.7 Å². The van der Waals surface area contributed by atoms with Gasteiger partial charge in [-0.05, 0) is 36.2 Å². The Bertz CT molecular complexity index is 592. The van der Waals surface area contributed by atoms with Gasteiger partial charge >= 0.3 is 0 Å². The number of benzene rings is 1. The van der Waals surface area contributed by atoms with Crippen LogP contribution in [0.3, 0.4) is 0 Å². The van der Waals surface area contributed by atoms with Crippen molar-refractivity contribution < 1.29 is 4.74 Å². The highest BCUT2D eigenvalue weighted by molar-refractivity contribution is 8.00. The van der Waals surface area contributed by atoms with Gasteiger partial charge in [0.1, 0.15) is 11.6 Å². The lowest BCUT2D eigenvalue weighted by Crippen LogP contribution is -1.98. The summed E-state index contributed by atoms with van der Waals surface area (Å²) in [6.07, 6.45) is 1.82. The molecule has 1 aromatic heterocycles. The number of nitriles is 1. The van der Waals surface area contributed by atoms with Gasteiger partial charge in [0.05, 0.1) is 18.2 Å². The van der Waals surface area contributed by atoms with Crippen LogP contribution in [0.5, 0.6) is 5.75 Å². The highest BCUT2D eigenvalue weighted by Crippen LogP contribution is 2.21. The molecule has 2 aromatic rings. The van der Waals surface area contributed by atoms with Gasteiger partial charge in [-0.3, -0.25) is 0 Å². The maximum Gasteiger partial charge on any atom is 0.170 e. The summed E-state index contributed by atoms with van der Waals surface area (Å²) in [7, 11) is 0. The second-order valence-electron chi connectivity index (χ2n) is 4.02. The summed E-state index contributed by atoms with van der Waals surface area (Å²) in [5.74, 6) is 2.62. The number of aryl methyl sites for hydroxylation is 1. The number of hydrogen-bond acceptors (Lipinski definition) is 6. The molecule has 0 saturated carbocycles. The molecule has 0 N–H and O–H groups in total. The molecule has 0 fully saturated rings. The first-order valence-corrected chi connectivity index (χ1v) is 8.16. The van der Waals surface area contributed by atoms with Crippen LogP contribution >= 0.6 is 23.3 Å². The molecular formula is C14H15N3OS2. The van der Waals surface area contributed by atoms with Crippen molar-refractivity contribution in [3.8, 4) is 11.8 Å². The molecule has 6 heteroatoms. The lowest BCUT2D eigenvalue weighted by Gasteiger charge is -2.05. The Labute approximate surface area is 127 Å². The molecule has 0 aliphatic rings. The van der Waals surface area contributed by atoms with E-state index in [9.17, 15) is 0 Å². The van der Waals surface area contributed by atoms with Crippen molar-refractivity contribution in [2.45, 2.75) is 24.1 Å². The summed E-state index contributed by atoms with van der Waals surface area (Å²) in [6, 6.07) is 9.32. The van der Waals surface area contributed by atoms with E-state index in [0.717, 1.165) is 34.5 Å². The fourth-order valence-corrected chi connectivity index (χ4v) is 3.18. The van der Waals surface area contributed by atoms with Crippen molar-refractivity contribution in [3.63, 3.8) is 0 Å². The van der Waals surface area contributed by atoms with Crippen LogP contribution in [0.15, 0.2) is 28.6 Å². The van der Waals surface area contributed by atoms with Crippen molar-refractivity contribution in [1.29, 1.82) is 5.26 Å². The fraction of sp³-hybridized carbons (Fsp3) is 0.357. The van der Waals surface area contributed by atoms with Crippen LogP contribution in [0.4, 0.5) is 0 Å². The molecule has 0 bridgehead atoms. The van der Waals surface area contributed by atoms with E-state index in [2.05, 4.69) is 22.4 Å². The summed E-state index contributed by atoms with van der Waals surface area (Å²) >= 11 is 3.17. The minimum absolute atomic E-state index is 0.623. The minimum Gasteiger partial charge on any atom is -0.494 e. The van der Waals surface area contributed by atoms with E-state index in [0.29, 0.717) is 12.2 Å². The highest BCUT2D eigenvalue weighted by atomic mass is 32.2. The number of ether oxygens (including phenoxy) is 1. The largest absolute Gasteiger partial charge is 0.494 e. The van der Waals surface area contributed by atoms with E-state index in [1.807, 2.05) is 12.1 Å². The van der Waals surface area contributed by atoms with Crippen LogP contribution in [-0.2, 0) is 6.42 Å². The summed E-state index contributed by atoms with van der Waals surface area (Å²) in [5, 5.41) is 8.80. The maximum absolute atomic E-state index is 8.80. The predicted octanol–water partition coefficient (Wildman–Crippen LogP) is 3.53. The number of nitrogens with zero attached hydrogens (tertiary/aromatic N) is 3. The number of rotatable bonds is 7. The fourth-order valence-electron chi connectivity index (χ4n) is 1.50. The third-order valence-corrected chi connectivity index (χ3v) is 4.47. The smallest absolute Gasteiger partial charge is 0.170 e. The van der Waals surface area contributed by atoms with E-state index in [1.54, 1.807) is 23.9 Å². The van der Waals surface area contributed by atoms with Gasteiger partial charge in [-0.25, -0.2) is 4.98 Å². The topological polar surface area (TPSA) is 58.8 Å². The second kappa shape index (κ2) is 7.88. The molecular weight excluding hydrogens is 290 g/mol. The van der Waals surface area contributed by atoms with Crippen LogP contribution in [0.1, 0.15) is 24.7 Å². The van der Waals surface area contributed by atoms with Crippen molar-refractivity contribution in [2.24, 2.45) is 0 Å². The molecule has 0 amide bonds. The van der Waals surface area contributed by atoms with Crippen molar-refractivity contribution in [2.75, 3.05) is 12.4 Å². The molecule has 4 nitrogen and oxygen atoms in total. The zero-order valence-electron chi connectivity index (χ0n) is 11.2. The third-order valence-electron chi connectivity index (χ3n) is 2.51. The van der Waals surface area contributed by atoms with Crippen molar-refractivity contribution in [3.05, 3.63) is 35.7 Å². The Balaban J connectivity index is 1.67. The molecule has 0 unspecified atom stereocenters. The van der Waals surface area contributed by atoms with Gasteiger partial charge in [0.2, 0.25) is 0 Å². The van der Waals surface area contributed by atoms with Gasteiger partial charge in [-0.2, -0.15) is 9.64 Å². The zero-order chi connectivity index (χ0) is 14.2. The average Bonchev–Trinajstić information content (AvgIpc) is 2.95. The SMILES string of the molecule is CCc1nsc(SCCCOc2cccc(C#N)c2)n1. The number of aromatic nitrogens is 2. The lowest BCUT2D eigenvalue weighted by molar-refractivity contribution is 0.318. The standard InChI is InChI=1S/C14H15N3OS2/c1-2-13-16-14(20-17-13)19-8-4-7-18-12-6-3-5-11(9-12)10-15/h3,5-6,9H,2,4,7-8H2,1H3. The van der Waals surface area contributed by atoms with Crippen molar-refractivity contribution in [1.82, 2.24) is 9.36 Å². The van der Waals surface area contributed by atoms with Gasteiger partial charge in [-0.15, -0.1) is 0 Å². The first-order valence-electron chi connectivity index (χ1n) is 6.40. The third kappa shape index (κ3) is 4.51. The predicted molar refractivity (Wildman–Crippen MR) is 81.3 cm³/mol. The van der Waals surface area contributed by atoms with E-state index in [4.69, 9.17) is 10.00 Å². The number of thioether (sulfide) groups is 1. The monoisotopic (exact) mass is 305 g/mol. The first kappa shape index (κ1) is 14.8. The molecule has 104 valence electrons. The Morgan fingerprint density at radius 2 is 2.35 bits per heavy atom. The molecule has 0 saturated heterocycles. The molecule has 20 heavy (non-hydrogen) atoms. The average molecular weight is 305 g/mol. The Morgan fingerprint density at radius 1 is 1.45 bits per heavy atom. The quantitative estimate of drug-likeness (QED) is 0.578. The molecule has 1 aromatic carbocycles. The van der Waals surface area contributed by atoms with Crippen LogP contribution in [0.2, 0.25) is 0 Å². The second-order valence-corrected chi connectivity index (χ2v) is 6.11. The molecule has 0 aliphatic carbocycles. The van der Waals surface area contributed by atoms with E-state index >= 15 is 0 Å². The highest BCUT2D eigenvalue weighted by Gasteiger charge is 2.02. The van der Waals surface area contributed by atoms with Gasteiger partial charge in [0.25, 0.3) is 0 Å². The molecule has 0 aliphatic heterocycles. The minimum atomic E-state index is 0.623. The normalized spacial score (nSPS) is 10.2. The lowest BCUT2D eigenvalue weighted by atomic mass is 10.2. The first-order chi connectivity index (χ1) is 9.81.